The van der Waals surface area contributed by atoms with Crippen molar-refractivity contribution in [2.75, 3.05) is 72.3 Å². The van der Waals surface area contributed by atoms with Gasteiger partial charge in [-0.2, -0.15) is 0 Å². The SMILES string of the molecule is [CH2]C(CCOCCN(CC)CC)OCCN1CCOCC1. The molecule has 0 spiro atoms. The molecular formula is C16H33N2O3. The van der Waals surface area contributed by atoms with Crippen molar-refractivity contribution in [2.45, 2.75) is 26.4 Å². The van der Waals surface area contributed by atoms with E-state index in [9.17, 15) is 0 Å². The van der Waals surface area contributed by atoms with E-state index in [1.54, 1.807) is 0 Å². The van der Waals surface area contributed by atoms with Gasteiger partial charge in [-0.25, -0.2) is 0 Å². The highest BCUT2D eigenvalue weighted by atomic mass is 16.5. The zero-order chi connectivity index (χ0) is 15.3. The van der Waals surface area contributed by atoms with Gasteiger partial charge >= 0.3 is 0 Å². The third-order valence-electron chi connectivity index (χ3n) is 3.90. The molecule has 0 aliphatic carbocycles. The van der Waals surface area contributed by atoms with Crippen molar-refractivity contribution in [3.8, 4) is 0 Å². The van der Waals surface area contributed by atoms with Gasteiger partial charge < -0.3 is 19.1 Å². The lowest BCUT2D eigenvalue weighted by atomic mass is 10.3. The Labute approximate surface area is 130 Å². The van der Waals surface area contributed by atoms with Gasteiger partial charge in [0.15, 0.2) is 0 Å². The first-order valence-electron chi connectivity index (χ1n) is 8.31. The number of hydrogen-bond acceptors (Lipinski definition) is 5. The Morgan fingerprint density at radius 3 is 2.52 bits per heavy atom. The fourth-order valence-electron chi connectivity index (χ4n) is 2.31. The number of rotatable bonds is 12. The summed E-state index contributed by atoms with van der Waals surface area (Å²) in [6, 6.07) is 0. The molecular weight excluding hydrogens is 268 g/mol. The maximum Gasteiger partial charge on any atom is 0.0598 e. The predicted octanol–water partition coefficient (Wildman–Crippen LogP) is 1.29. The highest BCUT2D eigenvalue weighted by Crippen LogP contribution is 2.00. The van der Waals surface area contributed by atoms with Crippen LogP contribution in [0, 0.1) is 6.92 Å². The summed E-state index contributed by atoms with van der Waals surface area (Å²) in [5, 5.41) is 0. The first-order valence-corrected chi connectivity index (χ1v) is 8.31. The Morgan fingerprint density at radius 1 is 1.14 bits per heavy atom. The van der Waals surface area contributed by atoms with Gasteiger partial charge in [0, 0.05) is 32.8 Å². The molecule has 1 heterocycles. The zero-order valence-corrected chi connectivity index (χ0v) is 13.9. The highest BCUT2D eigenvalue weighted by molar-refractivity contribution is 4.64. The molecule has 1 unspecified atom stereocenters. The van der Waals surface area contributed by atoms with Crippen molar-refractivity contribution >= 4 is 0 Å². The number of hydrogen-bond donors (Lipinski definition) is 0. The molecule has 1 aliphatic heterocycles. The summed E-state index contributed by atoms with van der Waals surface area (Å²) in [6.45, 7) is 18.5. The Kier molecular flexibility index (Phi) is 11.1. The molecule has 1 rings (SSSR count). The van der Waals surface area contributed by atoms with E-state index in [0.717, 1.165) is 78.7 Å². The van der Waals surface area contributed by atoms with Crippen LogP contribution in [0.1, 0.15) is 20.3 Å². The lowest BCUT2D eigenvalue weighted by molar-refractivity contribution is 0.00227. The summed E-state index contributed by atoms with van der Waals surface area (Å²) in [6.07, 6.45) is 0.890. The highest BCUT2D eigenvalue weighted by Gasteiger charge is 2.10. The lowest BCUT2D eigenvalue weighted by Gasteiger charge is -2.26. The Balaban J connectivity index is 1.90. The lowest BCUT2D eigenvalue weighted by Crippen LogP contribution is -2.38. The summed E-state index contributed by atoms with van der Waals surface area (Å²) in [4.78, 5) is 4.73. The van der Waals surface area contributed by atoms with Gasteiger partial charge in [0.05, 0.1) is 32.5 Å². The number of morpholine rings is 1. The van der Waals surface area contributed by atoms with Crippen LogP contribution >= 0.6 is 0 Å². The van der Waals surface area contributed by atoms with Crippen LogP contribution in [0.3, 0.4) is 0 Å². The minimum atomic E-state index is 0.0273. The molecule has 5 nitrogen and oxygen atoms in total. The van der Waals surface area contributed by atoms with Gasteiger partial charge in [-0.15, -0.1) is 0 Å². The Bertz CT molecular complexity index is 232. The molecule has 0 amide bonds. The smallest absolute Gasteiger partial charge is 0.0598 e. The van der Waals surface area contributed by atoms with E-state index in [1.807, 2.05) is 0 Å². The monoisotopic (exact) mass is 301 g/mol. The molecule has 5 heteroatoms. The summed E-state index contributed by atoms with van der Waals surface area (Å²) in [5.74, 6) is 0. The maximum atomic E-state index is 5.73. The first-order chi connectivity index (χ1) is 10.3. The quantitative estimate of drug-likeness (QED) is 0.507. The van der Waals surface area contributed by atoms with Gasteiger partial charge in [-0.3, -0.25) is 4.90 Å². The van der Waals surface area contributed by atoms with Crippen LogP contribution in [-0.2, 0) is 14.2 Å². The van der Waals surface area contributed by atoms with Crippen LogP contribution in [0.25, 0.3) is 0 Å². The molecule has 1 radical (unpaired) electrons. The molecule has 1 aliphatic rings. The second-order valence-electron chi connectivity index (χ2n) is 5.37. The van der Waals surface area contributed by atoms with E-state index in [4.69, 9.17) is 14.2 Å². The van der Waals surface area contributed by atoms with Crippen LogP contribution in [0.5, 0.6) is 0 Å². The molecule has 0 bridgehead atoms. The number of likely N-dealkylation sites (N-methyl/N-ethyl adjacent to an activating group) is 1. The molecule has 21 heavy (non-hydrogen) atoms. The van der Waals surface area contributed by atoms with E-state index in [-0.39, 0.29) is 6.10 Å². The van der Waals surface area contributed by atoms with E-state index in [1.165, 1.54) is 0 Å². The number of ether oxygens (including phenoxy) is 3. The molecule has 0 aromatic rings. The topological polar surface area (TPSA) is 34.2 Å². The molecule has 125 valence electrons. The van der Waals surface area contributed by atoms with Crippen LogP contribution < -0.4 is 0 Å². The molecule has 0 aromatic carbocycles. The normalized spacial score (nSPS) is 18.3. The van der Waals surface area contributed by atoms with E-state index in [2.05, 4.69) is 30.6 Å². The minimum Gasteiger partial charge on any atom is -0.380 e. The van der Waals surface area contributed by atoms with Crippen LogP contribution in [-0.4, -0.2) is 88.2 Å². The molecule has 0 aromatic heterocycles. The second kappa shape index (κ2) is 12.4. The van der Waals surface area contributed by atoms with E-state index < -0.39 is 0 Å². The fourth-order valence-corrected chi connectivity index (χ4v) is 2.31. The average molecular weight is 301 g/mol. The fraction of sp³-hybridized carbons (Fsp3) is 0.938. The number of nitrogens with zero attached hydrogens (tertiary/aromatic N) is 2. The van der Waals surface area contributed by atoms with Crippen molar-refractivity contribution in [3.63, 3.8) is 0 Å². The summed E-state index contributed by atoms with van der Waals surface area (Å²) < 4.78 is 16.7. The summed E-state index contributed by atoms with van der Waals surface area (Å²) in [5.41, 5.74) is 0. The van der Waals surface area contributed by atoms with Crippen molar-refractivity contribution in [1.82, 2.24) is 9.80 Å². The maximum absolute atomic E-state index is 5.73. The van der Waals surface area contributed by atoms with E-state index in [0.29, 0.717) is 0 Å². The first kappa shape index (κ1) is 18.8. The molecule has 0 N–H and O–H groups in total. The van der Waals surface area contributed by atoms with Gasteiger partial charge in [0.2, 0.25) is 0 Å². The van der Waals surface area contributed by atoms with Crippen molar-refractivity contribution < 1.29 is 14.2 Å². The van der Waals surface area contributed by atoms with Crippen LogP contribution in [0.2, 0.25) is 0 Å². The van der Waals surface area contributed by atoms with Gasteiger partial charge in [-0.1, -0.05) is 13.8 Å². The van der Waals surface area contributed by atoms with Crippen LogP contribution in [0.4, 0.5) is 0 Å². The van der Waals surface area contributed by atoms with Crippen LogP contribution in [0.15, 0.2) is 0 Å². The summed E-state index contributed by atoms with van der Waals surface area (Å²) in [7, 11) is 0. The third kappa shape index (κ3) is 9.42. The largest absolute Gasteiger partial charge is 0.380 e. The summed E-state index contributed by atoms with van der Waals surface area (Å²) >= 11 is 0. The van der Waals surface area contributed by atoms with E-state index >= 15 is 0 Å². The Morgan fingerprint density at radius 2 is 1.86 bits per heavy atom. The minimum absolute atomic E-state index is 0.0273. The van der Waals surface area contributed by atoms with Crippen molar-refractivity contribution in [3.05, 3.63) is 6.92 Å². The van der Waals surface area contributed by atoms with Gasteiger partial charge in [0.25, 0.3) is 0 Å². The van der Waals surface area contributed by atoms with Crippen molar-refractivity contribution in [2.24, 2.45) is 0 Å². The third-order valence-corrected chi connectivity index (χ3v) is 3.90. The molecule has 0 saturated carbocycles. The molecule has 1 atom stereocenters. The van der Waals surface area contributed by atoms with Gasteiger partial charge in [-0.05, 0) is 26.4 Å². The standard InChI is InChI=1S/C16H33N2O3/c1-4-17(5-2)7-12-19-11-6-16(3)21-15-10-18-8-13-20-14-9-18/h16H,3-15H2,1-2H3. The predicted molar refractivity (Wildman–Crippen MR) is 85.6 cm³/mol. The molecule has 1 fully saturated rings. The molecule has 1 saturated heterocycles. The Hall–Kier alpha value is -0.200. The second-order valence-corrected chi connectivity index (χ2v) is 5.37. The zero-order valence-electron chi connectivity index (χ0n) is 13.9. The van der Waals surface area contributed by atoms with Crippen molar-refractivity contribution in [1.29, 1.82) is 0 Å². The van der Waals surface area contributed by atoms with Gasteiger partial charge in [0.1, 0.15) is 0 Å². The average Bonchev–Trinajstić information content (AvgIpc) is 2.52.